The number of ether oxygens (including phenoxy) is 1. The predicted octanol–water partition coefficient (Wildman–Crippen LogP) is 7.97. The Morgan fingerprint density at radius 2 is 1.87 bits per heavy atom. The zero-order valence-electron chi connectivity index (χ0n) is 20.0. The van der Waals surface area contributed by atoms with Gasteiger partial charge < -0.3 is 9.84 Å². The van der Waals surface area contributed by atoms with Gasteiger partial charge in [0.15, 0.2) is 4.88 Å². The van der Waals surface area contributed by atoms with E-state index in [1.54, 1.807) is 42.2 Å². The molecule has 2 aromatic carbocycles. The fraction of sp³-hybridized carbons (Fsp3) is 0.148. The Kier molecular flexibility index (Phi) is 6.62. The number of halogens is 4. The van der Waals surface area contributed by atoms with Crippen LogP contribution in [0.2, 0.25) is 5.15 Å². The van der Waals surface area contributed by atoms with Gasteiger partial charge in [-0.3, -0.25) is 4.57 Å². The first-order valence-electron chi connectivity index (χ1n) is 11.3. The summed E-state index contributed by atoms with van der Waals surface area (Å²) in [6.07, 6.45) is -2.09. The molecular formula is C27H19ClF3N3O3S. The molecule has 0 amide bonds. The Balaban J connectivity index is 1.48. The van der Waals surface area contributed by atoms with Gasteiger partial charge in [0, 0.05) is 17.8 Å². The summed E-state index contributed by atoms with van der Waals surface area (Å²) in [5.41, 5.74) is 2.77. The SMILES string of the molecule is Cc1c([C@@H](C)Oc2cc(-n3cnc4cc(-c5ccc(Cl)nc5)ccc43)sc2C(=O)O)cccc1C(F)(F)F. The molecule has 0 aliphatic heterocycles. The number of fused-ring (bicyclic) bond motifs is 1. The zero-order valence-corrected chi connectivity index (χ0v) is 21.5. The highest BCUT2D eigenvalue weighted by atomic mass is 35.5. The third-order valence-corrected chi connectivity index (χ3v) is 7.47. The third-order valence-electron chi connectivity index (χ3n) is 6.15. The lowest BCUT2D eigenvalue weighted by Crippen LogP contribution is -2.12. The summed E-state index contributed by atoms with van der Waals surface area (Å²) in [6.45, 7) is 2.96. The molecule has 5 aromatic rings. The number of aromatic carboxylic acids is 1. The Labute approximate surface area is 223 Å². The second kappa shape index (κ2) is 9.77. The number of nitrogens with zero attached hydrogens (tertiary/aromatic N) is 3. The molecule has 0 saturated carbocycles. The maximum atomic E-state index is 13.4. The van der Waals surface area contributed by atoms with E-state index in [0.29, 0.717) is 21.2 Å². The minimum absolute atomic E-state index is 0.0344. The van der Waals surface area contributed by atoms with Gasteiger partial charge in [-0.15, -0.1) is 11.3 Å². The van der Waals surface area contributed by atoms with Gasteiger partial charge in [-0.1, -0.05) is 29.8 Å². The topological polar surface area (TPSA) is 77.2 Å². The monoisotopic (exact) mass is 557 g/mol. The van der Waals surface area contributed by atoms with Crippen molar-refractivity contribution in [3.05, 3.63) is 93.8 Å². The van der Waals surface area contributed by atoms with Crippen molar-refractivity contribution in [1.82, 2.24) is 14.5 Å². The molecule has 6 nitrogen and oxygen atoms in total. The van der Waals surface area contributed by atoms with Gasteiger partial charge in [0.2, 0.25) is 0 Å². The Morgan fingerprint density at radius 1 is 1.11 bits per heavy atom. The summed E-state index contributed by atoms with van der Waals surface area (Å²) in [7, 11) is 0. The molecule has 5 rings (SSSR count). The van der Waals surface area contributed by atoms with Crippen LogP contribution in [-0.2, 0) is 6.18 Å². The summed E-state index contributed by atoms with van der Waals surface area (Å²) < 4.78 is 47.8. The van der Waals surface area contributed by atoms with E-state index in [9.17, 15) is 23.1 Å². The lowest BCUT2D eigenvalue weighted by atomic mass is 9.98. The highest BCUT2D eigenvalue weighted by molar-refractivity contribution is 7.16. The number of carboxylic acids is 1. The van der Waals surface area contributed by atoms with E-state index in [1.807, 2.05) is 24.3 Å². The third kappa shape index (κ3) is 4.84. The minimum Gasteiger partial charge on any atom is -0.484 e. The van der Waals surface area contributed by atoms with Gasteiger partial charge in [0.1, 0.15) is 28.3 Å². The van der Waals surface area contributed by atoms with E-state index >= 15 is 0 Å². The van der Waals surface area contributed by atoms with Crippen molar-refractivity contribution >= 4 is 39.9 Å². The van der Waals surface area contributed by atoms with Crippen LogP contribution >= 0.6 is 22.9 Å². The number of imidazole rings is 1. The van der Waals surface area contributed by atoms with Crippen LogP contribution in [0, 0.1) is 6.92 Å². The van der Waals surface area contributed by atoms with Crippen molar-refractivity contribution < 1.29 is 27.8 Å². The molecular weight excluding hydrogens is 539 g/mol. The van der Waals surface area contributed by atoms with Crippen molar-refractivity contribution in [3.63, 3.8) is 0 Å². The Hall–Kier alpha value is -3.89. The van der Waals surface area contributed by atoms with Gasteiger partial charge >= 0.3 is 12.1 Å². The maximum absolute atomic E-state index is 13.4. The number of hydrogen-bond acceptors (Lipinski definition) is 5. The number of rotatable bonds is 6. The van der Waals surface area contributed by atoms with Crippen LogP contribution in [-0.4, -0.2) is 25.6 Å². The summed E-state index contributed by atoms with van der Waals surface area (Å²) in [4.78, 5) is 20.5. The van der Waals surface area contributed by atoms with Crippen LogP contribution in [0.25, 0.3) is 27.2 Å². The van der Waals surface area contributed by atoms with E-state index < -0.39 is 23.8 Å². The van der Waals surface area contributed by atoms with Gasteiger partial charge in [-0.25, -0.2) is 14.8 Å². The van der Waals surface area contributed by atoms with Crippen LogP contribution in [0.1, 0.15) is 39.4 Å². The number of carbonyl (C=O) groups is 1. The van der Waals surface area contributed by atoms with Crippen molar-refractivity contribution in [2.75, 3.05) is 0 Å². The molecule has 0 fully saturated rings. The summed E-state index contributed by atoms with van der Waals surface area (Å²) in [5, 5.41) is 10.7. The number of thiophene rings is 1. The van der Waals surface area contributed by atoms with E-state index in [4.69, 9.17) is 16.3 Å². The van der Waals surface area contributed by atoms with Crippen molar-refractivity contribution in [2.45, 2.75) is 26.1 Å². The fourth-order valence-electron chi connectivity index (χ4n) is 4.29. The molecule has 0 bridgehead atoms. The molecule has 0 aliphatic rings. The van der Waals surface area contributed by atoms with E-state index in [-0.39, 0.29) is 16.2 Å². The molecule has 0 unspecified atom stereocenters. The molecule has 3 heterocycles. The van der Waals surface area contributed by atoms with Gasteiger partial charge in [0.25, 0.3) is 0 Å². The van der Waals surface area contributed by atoms with Crippen LogP contribution in [0.3, 0.4) is 0 Å². The van der Waals surface area contributed by atoms with E-state index in [0.717, 1.165) is 34.0 Å². The first-order chi connectivity index (χ1) is 18.0. The predicted molar refractivity (Wildman–Crippen MR) is 139 cm³/mol. The van der Waals surface area contributed by atoms with Crippen molar-refractivity contribution in [1.29, 1.82) is 0 Å². The number of pyridine rings is 1. The second-order valence-electron chi connectivity index (χ2n) is 8.55. The lowest BCUT2D eigenvalue weighted by Gasteiger charge is -2.19. The number of carboxylic acid groups (broad SMARTS) is 1. The highest BCUT2D eigenvalue weighted by Gasteiger charge is 2.33. The summed E-state index contributed by atoms with van der Waals surface area (Å²) in [6, 6.07) is 14.6. The largest absolute Gasteiger partial charge is 0.484 e. The smallest absolute Gasteiger partial charge is 0.416 e. The molecule has 0 aliphatic carbocycles. The molecule has 194 valence electrons. The van der Waals surface area contributed by atoms with Crippen molar-refractivity contribution in [2.24, 2.45) is 0 Å². The maximum Gasteiger partial charge on any atom is 0.416 e. The average Bonchev–Trinajstić information content (AvgIpc) is 3.47. The molecule has 11 heteroatoms. The van der Waals surface area contributed by atoms with Crippen LogP contribution in [0.15, 0.2) is 67.1 Å². The van der Waals surface area contributed by atoms with Gasteiger partial charge in [0.05, 0.1) is 16.6 Å². The van der Waals surface area contributed by atoms with Crippen LogP contribution in [0.4, 0.5) is 13.2 Å². The molecule has 1 atom stereocenters. The highest BCUT2D eigenvalue weighted by Crippen LogP contribution is 2.39. The summed E-state index contributed by atoms with van der Waals surface area (Å²) in [5.74, 6) is -1.14. The van der Waals surface area contributed by atoms with Crippen molar-refractivity contribution in [3.8, 4) is 21.9 Å². The summed E-state index contributed by atoms with van der Waals surface area (Å²) >= 11 is 6.86. The Bertz CT molecular complexity index is 1660. The zero-order chi connectivity index (χ0) is 27.2. The van der Waals surface area contributed by atoms with Crippen LogP contribution in [0.5, 0.6) is 5.75 Å². The molecule has 0 saturated heterocycles. The minimum atomic E-state index is -4.51. The molecule has 38 heavy (non-hydrogen) atoms. The lowest BCUT2D eigenvalue weighted by molar-refractivity contribution is -0.138. The molecule has 0 radical (unpaired) electrons. The quantitative estimate of drug-likeness (QED) is 0.214. The van der Waals surface area contributed by atoms with Gasteiger partial charge in [-0.2, -0.15) is 13.2 Å². The number of benzene rings is 2. The van der Waals surface area contributed by atoms with E-state index in [2.05, 4.69) is 9.97 Å². The fourth-order valence-corrected chi connectivity index (χ4v) is 5.31. The molecule has 3 aromatic heterocycles. The Morgan fingerprint density at radius 3 is 2.55 bits per heavy atom. The number of alkyl halides is 3. The first kappa shape index (κ1) is 25.7. The molecule has 1 N–H and O–H groups in total. The molecule has 0 spiro atoms. The number of hydrogen-bond donors (Lipinski definition) is 1. The normalized spacial score (nSPS) is 12.6. The second-order valence-corrected chi connectivity index (χ2v) is 9.97. The first-order valence-corrected chi connectivity index (χ1v) is 12.5. The average molecular weight is 558 g/mol. The van der Waals surface area contributed by atoms with Gasteiger partial charge in [-0.05, 0) is 60.9 Å². The standard InChI is InChI=1S/C27H19ClF3N3O3S/c1-14-18(4-3-5-19(14)27(29,30)31)15(2)37-22-11-24(38-25(22)26(35)36)34-13-33-20-10-16(6-8-21(20)34)17-7-9-23(28)32-12-17/h3-13,15H,1-2H3,(H,35,36)/t15-/m1/s1. The van der Waals surface area contributed by atoms with Crippen LogP contribution < -0.4 is 4.74 Å². The number of aromatic nitrogens is 3. The van der Waals surface area contributed by atoms with E-state index in [1.165, 1.54) is 13.0 Å².